The van der Waals surface area contributed by atoms with Gasteiger partial charge < -0.3 is 90.8 Å². The normalized spacial score (nSPS) is 14.1. The third-order valence-electron chi connectivity index (χ3n) is 15.3. The van der Waals surface area contributed by atoms with Gasteiger partial charge in [0.05, 0.1) is 41.2 Å². The number of nitrogens with zero attached hydrogens (tertiary/aromatic N) is 2. The highest BCUT2D eigenvalue weighted by atomic mass is 32.2. The number of primary amides is 1. The van der Waals surface area contributed by atoms with Crippen molar-refractivity contribution in [3.63, 3.8) is 0 Å². The number of amides is 11. The molecule has 34 heteroatoms. The largest absolute Gasteiger partial charge is 0.481 e. The molecule has 0 aliphatic carbocycles. The molecule has 0 aromatic heterocycles. The fourth-order valence-electron chi connectivity index (χ4n) is 8.89. The van der Waals surface area contributed by atoms with E-state index in [0.29, 0.717) is 62.3 Å². The first-order valence-corrected chi connectivity index (χ1v) is 33.8. The molecule has 0 fully saturated rings. The van der Waals surface area contributed by atoms with Crippen LogP contribution in [0.5, 0.6) is 0 Å². The Balaban J connectivity index is 2.89. The Hall–Kier alpha value is -7.27. The van der Waals surface area contributed by atoms with Crippen LogP contribution in [0.4, 0.5) is 0 Å². The minimum absolute atomic E-state index is 0.0206. The molecule has 1 rings (SSSR count). The van der Waals surface area contributed by atoms with Crippen molar-refractivity contribution in [3.05, 3.63) is 35.9 Å². The molecule has 0 aliphatic heterocycles. The van der Waals surface area contributed by atoms with Gasteiger partial charge in [0.1, 0.15) is 42.3 Å². The molecule has 31 nitrogen and oxygen atoms in total. The first-order chi connectivity index (χ1) is 44.4. The third-order valence-corrected chi connectivity index (χ3v) is 16.6. The zero-order valence-electron chi connectivity index (χ0n) is 55.2. The number of aliphatic carboxylic acids is 1. The third kappa shape index (κ3) is 34.8. The van der Waals surface area contributed by atoms with Crippen molar-refractivity contribution in [1.29, 1.82) is 0 Å². The van der Waals surface area contributed by atoms with Gasteiger partial charge in [-0.25, -0.2) is 0 Å². The molecule has 0 aliphatic rings. The van der Waals surface area contributed by atoms with E-state index in [0.717, 1.165) is 12.8 Å². The number of hydrogen-bond donors (Lipinski definition) is 19. The number of unbranched alkanes of at least 4 members (excludes halogenated alkanes) is 1. The van der Waals surface area contributed by atoms with Crippen LogP contribution in [0, 0.1) is 5.92 Å². The van der Waals surface area contributed by atoms with Gasteiger partial charge in [-0.05, 0) is 144 Å². The Labute approximate surface area is 565 Å². The molecule has 530 valence electrons. The van der Waals surface area contributed by atoms with Crippen molar-refractivity contribution in [1.82, 2.24) is 63.8 Å². The number of carboxylic acid groups (broad SMARTS) is 1. The van der Waals surface area contributed by atoms with Gasteiger partial charge in [-0.1, -0.05) is 40.6 Å². The van der Waals surface area contributed by atoms with Crippen LogP contribution in [-0.4, -0.2) is 214 Å². The molecule has 0 heterocycles. The lowest BCUT2D eigenvalue weighted by Gasteiger charge is -2.28. The second kappa shape index (κ2) is 46.0. The van der Waals surface area contributed by atoms with Gasteiger partial charge in [0, 0.05) is 43.9 Å². The Kier molecular flexibility index (Phi) is 41.4. The molecule has 0 saturated carbocycles. The molecular weight excluding hydrogens is 1280 g/mol. The summed E-state index contributed by atoms with van der Waals surface area (Å²) in [5.74, 6) is -10.1. The van der Waals surface area contributed by atoms with Crippen LogP contribution in [0.15, 0.2) is 40.6 Å². The summed E-state index contributed by atoms with van der Waals surface area (Å²) in [6, 6.07) is -1.00. The lowest BCUT2D eigenvalue weighted by molar-refractivity contribution is -0.141. The van der Waals surface area contributed by atoms with Gasteiger partial charge in [0.15, 0.2) is 0 Å². The van der Waals surface area contributed by atoms with Crippen LogP contribution < -0.4 is 75.3 Å². The minimum Gasteiger partial charge on any atom is -0.481 e. The first-order valence-electron chi connectivity index (χ1n) is 31.1. The summed E-state index contributed by atoms with van der Waals surface area (Å²) < 4.78 is 0. The molecule has 94 heavy (non-hydrogen) atoms. The van der Waals surface area contributed by atoms with Gasteiger partial charge in [-0.2, -0.15) is 37.0 Å². The number of carboxylic acids is 1. The topological polar surface area (TPSA) is 487 Å². The Morgan fingerprint density at radius 1 is 0.543 bits per heavy atom. The Bertz CT molecular complexity index is 2660. The maximum Gasteiger partial charge on any atom is 0.305 e. The van der Waals surface area contributed by atoms with Gasteiger partial charge in [0.25, 0.3) is 0 Å². The Morgan fingerprint density at radius 2 is 1.00 bits per heavy atom. The van der Waals surface area contributed by atoms with Crippen molar-refractivity contribution in [2.24, 2.45) is 27.7 Å². The van der Waals surface area contributed by atoms with Crippen molar-refractivity contribution < 1.29 is 73.1 Å². The number of oxime groups is 2. The zero-order valence-corrected chi connectivity index (χ0v) is 57.8. The first kappa shape index (κ1) is 84.7. The number of benzene rings is 1. The fraction of sp³-hybridized carbons (Fsp3) is 0.667. The molecule has 1 aromatic rings. The van der Waals surface area contributed by atoms with Crippen molar-refractivity contribution >= 4 is 119 Å². The highest BCUT2D eigenvalue weighted by molar-refractivity contribution is 7.99. The number of nitrogens with two attached hydrogens (primary N) is 2. The van der Waals surface area contributed by atoms with E-state index in [4.69, 9.17) is 11.5 Å². The molecule has 0 unspecified atom stereocenters. The van der Waals surface area contributed by atoms with Crippen LogP contribution in [0.3, 0.4) is 0 Å². The maximum atomic E-state index is 13.7. The number of carbonyl (C=O) groups excluding carboxylic acids is 11. The van der Waals surface area contributed by atoms with Crippen molar-refractivity contribution in [3.8, 4) is 0 Å². The average Bonchev–Trinajstić information content (AvgIpc) is 3.74. The van der Waals surface area contributed by atoms with Gasteiger partial charge in [-0.15, -0.1) is 0 Å². The van der Waals surface area contributed by atoms with E-state index in [1.165, 1.54) is 18.7 Å². The highest BCUT2D eigenvalue weighted by Gasteiger charge is 2.33. The summed E-state index contributed by atoms with van der Waals surface area (Å²) in [6.45, 7) is 13.6. The van der Waals surface area contributed by atoms with E-state index >= 15 is 0 Å². The molecule has 0 saturated heterocycles. The fourth-order valence-corrected chi connectivity index (χ4v) is 9.75. The number of rotatable bonds is 49. The lowest BCUT2D eigenvalue weighted by atomic mass is 9.94. The molecule has 11 amide bonds. The van der Waals surface area contributed by atoms with E-state index < -0.39 is 125 Å². The van der Waals surface area contributed by atoms with Crippen LogP contribution in [0.2, 0.25) is 0 Å². The summed E-state index contributed by atoms with van der Waals surface area (Å²) in [4.78, 5) is 156. The second-order valence-corrected chi connectivity index (χ2v) is 25.2. The zero-order chi connectivity index (χ0) is 71.0. The monoisotopic (exact) mass is 1380 g/mol. The smallest absolute Gasteiger partial charge is 0.305 e. The van der Waals surface area contributed by atoms with Gasteiger partial charge >= 0.3 is 5.97 Å². The number of thioether (sulfide) groups is 1. The molecule has 19 N–H and O–H groups in total. The minimum atomic E-state index is -1.81. The van der Waals surface area contributed by atoms with Crippen molar-refractivity contribution in [2.75, 3.05) is 62.8 Å². The molecule has 0 bridgehead atoms. The number of thiol groups is 2. The number of nitrogens with one attached hydrogen (secondary N) is 12. The van der Waals surface area contributed by atoms with Crippen molar-refractivity contribution in [2.45, 2.75) is 185 Å². The lowest BCUT2D eigenvalue weighted by Crippen LogP contribution is -2.59. The van der Waals surface area contributed by atoms with E-state index in [-0.39, 0.29) is 86.6 Å². The standard InChI is InChI=1S/C60H102N16O15S3/c1-36(52(62)83)68-55(86)43(30-40-16-10-9-11-17-40)72-58(89)46(34-93)74-56(87)44(31-51(81)82)70-49(79)32-65-53(84)41(19-15-25-61)71-57(88)45(33-92)73-54(85)42(69-50(80)35-94-8)18-12-13-26-63-47(77)20-14-21-48(78)64-27-22-39(23-28-66-59(4,5)37(2)75-90)24-29-67-60(6,7)38(3)76-91/h9-11,16-17,36,39,41-46,66-67,90-93H,12-15,18-35,61H2,1-8H3,(H2,62,83)(H,63,77)(H,64,78)(H,65,84)(H,68,86)(H,69,80)(H,70,79)(H,71,88)(H,72,89)(H,73,85)(H,74,87)(H,81,82)/b75-37-,76-38-/t36-,41-,42-,43-,44-,45-,46-/m0/s1. The highest BCUT2D eigenvalue weighted by Crippen LogP contribution is 2.16. The molecular formula is C60H102N16O15S3. The summed E-state index contributed by atoms with van der Waals surface area (Å²) in [7, 11) is 0. The Morgan fingerprint density at radius 3 is 1.50 bits per heavy atom. The summed E-state index contributed by atoms with van der Waals surface area (Å²) in [5, 5.41) is 67.0. The predicted octanol–water partition coefficient (Wildman–Crippen LogP) is -1.52. The molecule has 1 aromatic carbocycles. The SMILES string of the molecule is CSCC(=O)N[C@@H](CCCCNC(=O)CCCC(=O)NCCC(CCNC(C)(C)/C(C)=N\O)CCNC(C)(C)/C(C)=N\O)C(=O)N[C@@H](CS)C(=O)N[C@@H](CCCN)C(=O)NCC(=O)N[C@@H](CC(=O)O)C(=O)N[C@@H](CS)C(=O)N[C@@H](Cc1ccccc1)C(=O)N[C@@H](C)C(N)=O. The maximum absolute atomic E-state index is 13.7. The van der Waals surface area contributed by atoms with Gasteiger partial charge in [-0.3, -0.25) is 57.5 Å². The van der Waals surface area contributed by atoms with E-state index in [1.807, 2.05) is 27.7 Å². The van der Waals surface area contributed by atoms with E-state index in [9.17, 15) is 73.1 Å². The summed E-state index contributed by atoms with van der Waals surface area (Å²) in [6.07, 6.45) is 4.39. The summed E-state index contributed by atoms with van der Waals surface area (Å²) >= 11 is 9.62. The second-order valence-electron chi connectivity index (χ2n) is 23.6. The molecule has 0 radical (unpaired) electrons. The number of hydrogen-bond acceptors (Lipinski definition) is 22. The van der Waals surface area contributed by atoms with E-state index in [2.05, 4.69) is 99.4 Å². The van der Waals surface area contributed by atoms with Gasteiger partial charge in [0.2, 0.25) is 65.0 Å². The predicted molar refractivity (Wildman–Crippen MR) is 363 cm³/mol. The van der Waals surface area contributed by atoms with E-state index in [1.54, 1.807) is 50.4 Å². The quantitative estimate of drug-likeness (QED) is 0.0116. The van der Waals surface area contributed by atoms with Crippen LogP contribution in [-0.2, 0) is 64.0 Å². The van der Waals surface area contributed by atoms with Crippen LogP contribution in [0.1, 0.15) is 131 Å². The number of carbonyl (C=O) groups is 12. The summed E-state index contributed by atoms with van der Waals surface area (Å²) in [5.41, 5.74) is 11.7. The average molecular weight is 1380 g/mol. The molecule has 0 spiro atoms. The van der Waals surface area contributed by atoms with Crippen LogP contribution >= 0.6 is 37.0 Å². The molecule has 7 atom stereocenters. The van der Waals surface area contributed by atoms with Crippen LogP contribution in [0.25, 0.3) is 0 Å².